The van der Waals surface area contributed by atoms with Gasteiger partial charge in [0.2, 0.25) is 0 Å². The Morgan fingerprint density at radius 2 is 2.05 bits per heavy atom. The van der Waals surface area contributed by atoms with Crippen molar-refractivity contribution in [2.24, 2.45) is 0 Å². The van der Waals surface area contributed by atoms with Gasteiger partial charge in [-0.05, 0) is 31.9 Å². The van der Waals surface area contributed by atoms with E-state index in [-0.39, 0.29) is 6.03 Å². The number of likely N-dealkylation sites (tertiary alicyclic amines) is 1. The van der Waals surface area contributed by atoms with E-state index in [1.807, 2.05) is 37.3 Å². The molecule has 2 amide bonds. The zero-order valence-electron chi connectivity index (χ0n) is 11.0. The van der Waals surface area contributed by atoms with Gasteiger partial charge in [0.25, 0.3) is 0 Å². The molecule has 0 aliphatic carbocycles. The molecule has 0 aromatic heterocycles. The van der Waals surface area contributed by atoms with Crippen LogP contribution in [0.1, 0.15) is 19.8 Å². The summed E-state index contributed by atoms with van der Waals surface area (Å²) in [5.74, 6) is -0.921. The highest BCUT2D eigenvalue weighted by Crippen LogP contribution is 2.22. The van der Waals surface area contributed by atoms with E-state index in [0.717, 1.165) is 12.1 Å². The van der Waals surface area contributed by atoms with Crippen LogP contribution in [0.15, 0.2) is 30.3 Å². The smallest absolute Gasteiger partial charge is 0.326 e. The predicted octanol–water partition coefficient (Wildman–Crippen LogP) is 2.18. The number of urea groups is 1. The van der Waals surface area contributed by atoms with Crippen LogP contribution < -0.4 is 4.90 Å². The Kier molecular flexibility index (Phi) is 4.04. The van der Waals surface area contributed by atoms with Crippen LogP contribution >= 0.6 is 0 Å². The van der Waals surface area contributed by atoms with Crippen molar-refractivity contribution in [1.29, 1.82) is 0 Å². The molecule has 0 radical (unpaired) electrons. The number of carbonyl (C=O) groups is 2. The second-order valence-corrected chi connectivity index (χ2v) is 4.55. The minimum Gasteiger partial charge on any atom is -0.480 e. The molecule has 0 saturated carbocycles. The highest BCUT2D eigenvalue weighted by atomic mass is 16.4. The van der Waals surface area contributed by atoms with E-state index in [1.165, 1.54) is 4.90 Å². The molecule has 5 heteroatoms. The molecule has 1 saturated heterocycles. The quantitative estimate of drug-likeness (QED) is 0.908. The first-order valence-corrected chi connectivity index (χ1v) is 6.51. The normalized spacial score (nSPS) is 18.4. The summed E-state index contributed by atoms with van der Waals surface area (Å²) in [6.45, 7) is 2.92. The number of carboxylic acid groups (broad SMARTS) is 1. The summed E-state index contributed by atoms with van der Waals surface area (Å²) in [5.41, 5.74) is 0.797. The lowest BCUT2D eigenvalue weighted by atomic mass is 10.2. The van der Waals surface area contributed by atoms with Gasteiger partial charge in [0.05, 0.1) is 0 Å². The van der Waals surface area contributed by atoms with Crippen molar-refractivity contribution < 1.29 is 14.7 Å². The Bertz CT molecular complexity index is 461. The van der Waals surface area contributed by atoms with Gasteiger partial charge in [0.1, 0.15) is 6.04 Å². The van der Waals surface area contributed by atoms with Gasteiger partial charge in [-0.15, -0.1) is 0 Å². The Balaban J connectivity index is 2.19. The van der Waals surface area contributed by atoms with Crippen molar-refractivity contribution >= 4 is 17.7 Å². The summed E-state index contributed by atoms with van der Waals surface area (Å²) in [6, 6.07) is 8.41. The summed E-state index contributed by atoms with van der Waals surface area (Å²) in [5, 5.41) is 9.15. The van der Waals surface area contributed by atoms with E-state index in [2.05, 4.69) is 0 Å². The molecule has 102 valence electrons. The van der Waals surface area contributed by atoms with Crippen LogP contribution in [0.3, 0.4) is 0 Å². The van der Waals surface area contributed by atoms with Crippen molar-refractivity contribution in [2.75, 3.05) is 18.0 Å². The van der Waals surface area contributed by atoms with Crippen LogP contribution in [-0.2, 0) is 4.79 Å². The molecule has 19 heavy (non-hydrogen) atoms. The molecule has 1 aliphatic rings. The van der Waals surface area contributed by atoms with Crippen molar-refractivity contribution in [1.82, 2.24) is 4.90 Å². The third-order valence-corrected chi connectivity index (χ3v) is 3.40. The Hall–Kier alpha value is -2.04. The number of para-hydroxylation sites is 1. The van der Waals surface area contributed by atoms with Gasteiger partial charge in [0.15, 0.2) is 0 Å². The zero-order chi connectivity index (χ0) is 13.8. The maximum absolute atomic E-state index is 12.5. The van der Waals surface area contributed by atoms with E-state index in [0.29, 0.717) is 19.5 Å². The van der Waals surface area contributed by atoms with Gasteiger partial charge < -0.3 is 10.0 Å². The van der Waals surface area contributed by atoms with Crippen molar-refractivity contribution in [3.63, 3.8) is 0 Å². The van der Waals surface area contributed by atoms with Gasteiger partial charge in [-0.1, -0.05) is 18.2 Å². The van der Waals surface area contributed by atoms with Gasteiger partial charge >= 0.3 is 12.0 Å². The van der Waals surface area contributed by atoms with Crippen LogP contribution in [-0.4, -0.2) is 41.1 Å². The lowest BCUT2D eigenvalue weighted by Crippen LogP contribution is -2.48. The first kappa shape index (κ1) is 13.4. The Morgan fingerprint density at radius 3 is 2.63 bits per heavy atom. The number of nitrogens with zero attached hydrogens (tertiary/aromatic N) is 2. The SMILES string of the molecule is CCN(C(=O)N1CCC[C@H]1C(=O)O)c1ccccc1. The van der Waals surface area contributed by atoms with Gasteiger partial charge in [-0.3, -0.25) is 4.90 Å². The maximum Gasteiger partial charge on any atom is 0.326 e. The largest absolute Gasteiger partial charge is 0.480 e. The molecule has 1 atom stereocenters. The van der Waals surface area contributed by atoms with Crippen molar-refractivity contribution in [2.45, 2.75) is 25.8 Å². The van der Waals surface area contributed by atoms with Crippen molar-refractivity contribution in [3.05, 3.63) is 30.3 Å². The second kappa shape index (κ2) is 5.73. The summed E-state index contributed by atoms with van der Waals surface area (Å²) >= 11 is 0. The van der Waals surface area contributed by atoms with Crippen LogP contribution in [0.25, 0.3) is 0 Å². The third kappa shape index (κ3) is 2.70. The number of carbonyl (C=O) groups excluding carboxylic acids is 1. The molecule has 1 aliphatic heterocycles. The Morgan fingerprint density at radius 1 is 1.37 bits per heavy atom. The molecule has 1 N–H and O–H groups in total. The number of hydrogen-bond donors (Lipinski definition) is 1. The monoisotopic (exact) mass is 262 g/mol. The fourth-order valence-corrected chi connectivity index (χ4v) is 2.44. The highest BCUT2D eigenvalue weighted by Gasteiger charge is 2.36. The van der Waals surface area contributed by atoms with Crippen LogP contribution in [0.2, 0.25) is 0 Å². The minimum atomic E-state index is -0.921. The fraction of sp³-hybridized carbons (Fsp3) is 0.429. The topological polar surface area (TPSA) is 60.9 Å². The van der Waals surface area contributed by atoms with E-state index >= 15 is 0 Å². The average Bonchev–Trinajstić information content (AvgIpc) is 2.90. The fourth-order valence-electron chi connectivity index (χ4n) is 2.44. The Labute approximate surface area is 112 Å². The number of benzene rings is 1. The average molecular weight is 262 g/mol. The van der Waals surface area contributed by atoms with Crippen LogP contribution in [0.4, 0.5) is 10.5 Å². The molecule has 5 nitrogen and oxygen atoms in total. The first-order chi connectivity index (χ1) is 9.15. The predicted molar refractivity (Wildman–Crippen MR) is 72.2 cm³/mol. The molecular weight excluding hydrogens is 244 g/mol. The molecule has 0 spiro atoms. The molecule has 2 rings (SSSR count). The van der Waals surface area contributed by atoms with Gasteiger partial charge in [-0.2, -0.15) is 0 Å². The van der Waals surface area contributed by atoms with E-state index < -0.39 is 12.0 Å². The molecule has 1 heterocycles. The number of carboxylic acids is 1. The highest BCUT2D eigenvalue weighted by molar-refractivity contribution is 5.94. The molecule has 0 bridgehead atoms. The number of hydrogen-bond acceptors (Lipinski definition) is 2. The summed E-state index contributed by atoms with van der Waals surface area (Å²) in [7, 11) is 0. The molecule has 1 fully saturated rings. The second-order valence-electron chi connectivity index (χ2n) is 4.55. The first-order valence-electron chi connectivity index (χ1n) is 6.51. The number of anilines is 1. The summed E-state index contributed by atoms with van der Waals surface area (Å²) in [6.07, 6.45) is 1.28. The van der Waals surface area contributed by atoms with E-state index in [1.54, 1.807) is 4.90 Å². The van der Waals surface area contributed by atoms with Crippen molar-refractivity contribution in [3.8, 4) is 0 Å². The molecule has 0 unspecified atom stereocenters. The standard InChI is InChI=1S/C14H18N2O3/c1-2-15(11-7-4-3-5-8-11)14(19)16-10-6-9-12(16)13(17)18/h3-5,7-8,12H,2,6,9-10H2,1H3,(H,17,18)/t12-/m0/s1. The van der Waals surface area contributed by atoms with Gasteiger partial charge in [-0.25, -0.2) is 9.59 Å². The van der Waals surface area contributed by atoms with Gasteiger partial charge in [0, 0.05) is 18.8 Å². The number of rotatable bonds is 3. The van der Waals surface area contributed by atoms with E-state index in [4.69, 9.17) is 5.11 Å². The van der Waals surface area contributed by atoms with E-state index in [9.17, 15) is 9.59 Å². The van der Waals surface area contributed by atoms with Crippen LogP contribution in [0, 0.1) is 0 Å². The summed E-state index contributed by atoms with van der Waals surface area (Å²) < 4.78 is 0. The van der Waals surface area contributed by atoms with Crippen LogP contribution in [0.5, 0.6) is 0 Å². The maximum atomic E-state index is 12.5. The summed E-state index contributed by atoms with van der Waals surface area (Å²) in [4.78, 5) is 26.7. The number of aliphatic carboxylic acids is 1. The molecular formula is C14H18N2O3. The molecule has 1 aromatic rings. The number of amides is 2. The molecule has 1 aromatic carbocycles. The minimum absolute atomic E-state index is 0.224. The zero-order valence-corrected chi connectivity index (χ0v) is 11.0. The lowest BCUT2D eigenvalue weighted by molar-refractivity contribution is -0.141. The lowest BCUT2D eigenvalue weighted by Gasteiger charge is -2.29. The third-order valence-electron chi connectivity index (χ3n) is 3.40.